The molecule has 0 radical (unpaired) electrons. The van der Waals surface area contributed by atoms with Gasteiger partial charge in [0.1, 0.15) is 5.75 Å². The van der Waals surface area contributed by atoms with Crippen molar-refractivity contribution in [2.45, 2.75) is 0 Å². The number of Topliss-reactive ketones (excluding diaryl/α,β-unsaturated/α-hetero) is 1. The Morgan fingerprint density at radius 2 is 1.48 bits per heavy atom. The van der Waals surface area contributed by atoms with E-state index in [0.29, 0.717) is 22.3 Å². The molecule has 0 saturated carbocycles. The summed E-state index contributed by atoms with van der Waals surface area (Å²) in [6.07, 6.45) is 1.31. The minimum Gasteiger partial charge on any atom is -0.507 e. The zero-order chi connectivity index (χ0) is 17.7. The minimum absolute atomic E-state index is 0.0628. The number of allylic oxidation sites excluding steroid dienone is 1. The molecule has 0 aromatic heterocycles. The predicted molar refractivity (Wildman–Crippen MR) is 104 cm³/mol. The lowest BCUT2D eigenvalue weighted by molar-refractivity contribution is -0.111. The van der Waals surface area contributed by atoms with Gasteiger partial charge >= 0.3 is 0 Å². The normalized spacial score (nSPS) is 13.8. The molecule has 5 heteroatoms. The summed E-state index contributed by atoms with van der Waals surface area (Å²) in [6, 6.07) is 14.4. The van der Waals surface area contributed by atoms with Crippen LogP contribution < -0.4 is 0 Å². The summed E-state index contributed by atoms with van der Waals surface area (Å²) in [7, 11) is 0. The van der Waals surface area contributed by atoms with Gasteiger partial charge in [-0.05, 0) is 58.3 Å². The third kappa shape index (κ3) is 2.64. The summed E-state index contributed by atoms with van der Waals surface area (Å²) < 4.78 is 1.58. The van der Waals surface area contributed by atoms with Gasteiger partial charge in [0.25, 0.3) is 0 Å². The highest BCUT2D eigenvalue weighted by molar-refractivity contribution is 9.10. The molecular formula is C20H10Br2O3. The summed E-state index contributed by atoms with van der Waals surface area (Å²) >= 11 is 6.79. The van der Waals surface area contributed by atoms with Gasteiger partial charge in [-0.3, -0.25) is 9.59 Å². The van der Waals surface area contributed by atoms with Crippen LogP contribution in [0.4, 0.5) is 0 Å². The number of rotatable bonds is 1. The van der Waals surface area contributed by atoms with Crippen LogP contribution in [0.15, 0.2) is 63.6 Å². The van der Waals surface area contributed by atoms with Crippen LogP contribution in [0.1, 0.15) is 21.5 Å². The number of aromatic hydroxyl groups is 1. The first-order valence-corrected chi connectivity index (χ1v) is 9.06. The van der Waals surface area contributed by atoms with E-state index in [1.165, 1.54) is 6.08 Å². The SMILES string of the molecule is O=C1C=C(c2c(O)ccc3ccc(Br)cc23)c2ccc(Br)cc2C1=O. The summed E-state index contributed by atoms with van der Waals surface area (Å²) in [6.45, 7) is 0. The van der Waals surface area contributed by atoms with Gasteiger partial charge in [0, 0.05) is 20.1 Å². The summed E-state index contributed by atoms with van der Waals surface area (Å²) in [5, 5.41) is 12.3. The third-order valence-corrected chi connectivity index (χ3v) is 5.23. The zero-order valence-electron chi connectivity index (χ0n) is 12.7. The van der Waals surface area contributed by atoms with Crippen LogP contribution in [-0.2, 0) is 4.79 Å². The van der Waals surface area contributed by atoms with Gasteiger partial charge in [-0.1, -0.05) is 50.1 Å². The molecule has 4 rings (SSSR count). The Bertz CT molecular complexity index is 1110. The quantitative estimate of drug-likeness (QED) is 0.506. The molecule has 3 aromatic carbocycles. The van der Waals surface area contributed by atoms with Crippen molar-refractivity contribution in [1.29, 1.82) is 0 Å². The molecule has 0 saturated heterocycles. The van der Waals surface area contributed by atoms with E-state index in [2.05, 4.69) is 31.9 Å². The monoisotopic (exact) mass is 456 g/mol. The van der Waals surface area contributed by atoms with Crippen molar-refractivity contribution in [3.8, 4) is 5.75 Å². The maximum absolute atomic E-state index is 12.3. The average molecular weight is 458 g/mol. The van der Waals surface area contributed by atoms with E-state index in [9.17, 15) is 14.7 Å². The molecule has 0 unspecified atom stereocenters. The van der Waals surface area contributed by atoms with E-state index in [0.717, 1.165) is 19.7 Å². The number of hydrogen-bond acceptors (Lipinski definition) is 3. The summed E-state index contributed by atoms with van der Waals surface area (Å²) in [4.78, 5) is 24.5. The van der Waals surface area contributed by atoms with Gasteiger partial charge in [0.15, 0.2) is 0 Å². The number of carbonyl (C=O) groups excluding carboxylic acids is 2. The Balaban J connectivity index is 2.09. The largest absolute Gasteiger partial charge is 0.507 e. The molecule has 25 heavy (non-hydrogen) atoms. The van der Waals surface area contributed by atoms with Crippen LogP contribution in [0.5, 0.6) is 5.75 Å². The fourth-order valence-corrected chi connectivity index (χ4v) is 3.84. The second-order valence-corrected chi connectivity index (χ2v) is 7.60. The lowest BCUT2D eigenvalue weighted by Crippen LogP contribution is -2.19. The van der Waals surface area contributed by atoms with Gasteiger partial charge in [-0.15, -0.1) is 0 Å². The van der Waals surface area contributed by atoms with E-state index in [-0.39, 0.29) is 5.75 Å². The van der Waals surface area contributed by atoms with E-state index < -0.39 is 11.6 Å². The Morgan fingerprint density at radius 3 is 2.28 bits per heavy atom. The molecule has 0 spiro atoms. The minimum atomic E-state index is -0.591. The lowest BCUT2D eigenvalue weighted by Gasteiger charge is -2.19. The van der Waals surface area contributed by atoms with Crippen LogP contribution in [0.2, 0.25) is 0 Å². The number of ketones is 2. The number of hydrogen-bond donors (Lipinski definition) is 1. The van der Waals surface area contributed by atoms with Gasteiger partial charge in [-0.25, -0.2) is 0 Å². The Hall–Kier alpha value is -2.24. The second-order valence-electron chi connectivity index (χ2n) is 5.77. The summed E-state index contributed by atoms with van der Waals surface area (Å²) in [5.41, 5.74) is 2.07. The zero-order valence-corrected chi connectivity index (χ0v) is 15.9. The number of phenols is 1. The van der Waals surface area contributed by atoms with Crippen LogP contribution >= 0.6 is 31.9 Å². The molecule has 0 fully saturated rings. The topological polar surface area (TPSA) is 54.4 Å². The van der Waals surface area contributed by atoms with Gasteiger partial charge in [0.2, 0.25) is 11.6 Å². The molecule has 0 amide bonds. The number of halogens is 2. The standard InChI is InChI=1S/C20H10Br2O3/c21-11-3-1-10-2-6-17(23)19(14(10)7-11)15-9-18(24)20(25)16-8-12(22)4-5-13(15)16/h1-9,23H. The number of phenolic OH excluding ortho intramolecular Hbond substituents is 1. The smallest absolute Gasteiger partial charge is 0.233 e. The Labute approximate surface area is 160 Å². The molecule has 1 aliphatic carbocycles. The number of carbonyl (C=O) groups is 2. The van der Waals surface area contributed by atoms with Crippen LogP contribution in [0.25, 0.3) is 16.3 Å². The van der Waals surface area contributed by atoms with Crippen molar-refractivity contribution in [2.24, 2.45) is 0 Å². The van der Waals surface area contributed by atoms with Gasteiger partial charge < -0.3 is 5.11 Å². The second kappa shape index (κ2) is 5.93. The Kier molecular flexibility index (Phi) is 3.85. The first kappa shape index (κ1) is 16.2. The van der Waals surface area contributed by atoms with Crippen LogP contribution in [0.3, 0.4) is 0 Å². The third-order valence-electron chi connectivity index (χ3n) is 4.25. The number of fused-ring (bicyclic) bond motifs is 2. The van der Waals surface area contributed by atoms with Crippen molar-refractivity contribution < 1.29 is 14.7 Å². The molecule has 1 aliphatic rings. The fraction of sp³-hybridized carbons (Fsp3) is 0. The van der Waals surface area contributed by atoms with Crippen molar-refractivity contribution in [3.05, 3.63) is 80.2 Å². The highest BCUT2D eigenvalue weighted by atomic mass is 79.9. The van der Waals surface area contributed by atoms with E-state index in [1.807, 2.05) is 30.3 Å². The highest BCUT2D eigenvalue weighted by Gasteiger charge is 2.28. The maximum Gasteiger partial charge on any atom is 0.233 e. The average Bonchev–Trinajstić information content (AvgIpc) is 2.58. The lowest BCUT2D eigenvalue weighted by atomic mass is 9.83. The van der Waals surface area contributed by atoms with Gasteiger partial charge in [0.05, 0.1) is 0 Å². The molecule has 0 atom stereocenters. The van der Waals surface area contributed by atoms with E-state index in [4.69, 9.17) is 0 Å². The fourth-order valence-electron chi connectivity index (χ4n) is 3.12. The van der Waals surface area contributed by atoms with Crippen LogP contribution in [0, 0.1) is 0 Å². The maximum atomic E-state index is 12.3. The van der Waals surface area contributed by atoms with Crippen molar-refractivity contribution in [1.82, 2.24) is 0 Å². The van der Waals surface area contributed by atoms with Crippen molar-refractivity contribution >= 4 is 59.8 Å². The van der Waals surface area contributed by atoms with Gasteiger partial charge in [-0.2, -0.15) is 0 Å². The first-order chi connectivity index (χ1) is 12.0. The molecule has 0 bridgehead atoms. The first-order valence-electron chi connectivity index (χ1n) is 7.47. The highest BCUT2D eigenvalue weighted by Crippen LogP contribution is 2.40. The van der Waals surface area contributed by atoms with Crippen molar-refractivity contribution in [2.75, 3.05) is 0 Å². The predicted octanol–water partition coefficient (Wildman–Crippen LogP) is 5.27. The molecule has 3 aromatic rings. The molecule has 1 N–H and O–H groups in total. The number of benzene rings is 3. The molecule has 3 nitrogen and oxygen atoms in total. The van der Waals surface area contributed by atoms with Crippen LogP contribution in [-0.4, -0.2) is 16.7 Å². The molecule has 0 heterocycles. The van der Waals surface area contributed by atoms with E-state index >= 15 is 0 Å². The van der Waals surface area contributed by atoms with E-state index in [1.54, 1.807) is 18.2 Å². The summed E-state index contributed by atoms with van der Waals surface area (Å²) in [5.74, 6) is -1.07. The molecule has 0 aliphatic heterocycles. The van der Waals surface area contributed by atoms with Crippen molar-refractivity contribution in [3.63, 3.8) is 0 Å². The molecular weight excluding hydrogens is 448 g/mol. The molecule has 122 valence electrons. The Morgan fingerprint density at radius 1 is 0.800 bits per heavy atom.